The highest BCUT2D eigenvalue weighted by Gasteiger charge is 2.28. The van der Waals surface area contributed by atoms with Gasteiger partial charge in [-0.3, -0.25) is 9.48 Å². The number of carbonyl (C=O) groups is 1. The number of sulfonamides is 1. The van der Waals surface area contributed by atoms with Gasteiger partial charge in [0, 0.05) is 19.3 Å². The molecule has 0 fully saturated rings. The smallest absolute Gasteiger partial charge is 0.248 e. The van der Waals surface area contributed by atoms with Gasteiger partial charge in [-0.05, 0) is 6.42 Å². The Bertz CT molecular complexity index is 552. The van der Waals surface area contributed by atoms with Gasteiger partial charge in [-0.1, -0.05) is 13.8 Å². The molecule has 1 heterocycles. The van der Waals surface area contributed by atoms with Crippen LogP contribution in [0.1, 0.15) is 20.3 Å². The SMILES string of the molecule is CCCn1cc(S(=O)(=O)N(CC)CC(N)=O)c(N)n1. The van der Waals surface area contributed by atoms with Crippen molar-refractivity contribution in [1.82, 2.24) is 14.1 Å². The van der Waals surface area contributed by atoms with E-state index >= 15 is 0 Å². The first-order valence-electron chi connectivity index (χ1n) is 5.94. The van der Waals surface area contributed by atoms with Crippen LogP contribution in [0.15, 0.2) is 11.1 Å². The summed E-state index contributed by atoms with van der Waals surface area (Å²) in [5, 5.41) is 3.93. The summed E-state index contributed by atoms with van der Waals surface area (Å²) in [6, 6.07) is 0. The average molecular weight is 289 g/mol. The van der Waals surface area contributed by atoms with E-state index in [0.717, 1.165) is 10.7 Å². The number of rotatable bonds is 7. The van der Waals surface area contributed by atoms with Crippen LogP contribution in [-0.4, -0.2) is 41.5 Å². The van der Waals surface area contributed by atoms with Gasteiger partial charge in [0.2, 0.25) is 15.9 Å². The number of hydrogen-bond donors (Lipinski definition) is 2. The number of amides is 1. The number of carbonyl (C=O) groups excluding carboxylic acids is 1. The lowest BCUT2D eigenvalue weighted by atomic mass is 10.5. The van der Waals surface area contributed by atoms with Crippen molar-refractivity contribution in [2.24, 2.45) is 5.73 Å². The summed E-state index contributed by atoms with van der Waals surface area (Å²) >= 11 is 0. The van der Waals surface area contributed by atoms with Gasteiger partial charge in [-0.25, -0.2) is 8.42 Å². The van der Waals surface area contributed by atoms with Gasteiger partial charge >= 0.3 is 0 Å². The Labute approximate surface area is 112 Å². The second kappa shape index (κ2) is 6.02. The molecule has 1 rings (SSSR count). The van der Waals surface area contributed by atoms with Gasteiger partial charge in [0.05, 0.1) is 6.54 Å². The molecule has 19 heavy (non-hydrogen) atoms. The molecule has 0 aliphatic heterocycles. The third-order valence-electron chi connectivity index (χ3n) is 2.51. The van der Waals surface area contributed by atoms with Gasteiger partial charge < -0.3 is 11.5 Å². The quantitative estimate of drug-likeness (QED) is 0.691. The number of nitrogen functional groups attached to an aromatic ring is 1. The molecular weight excluding hydrogens is 270 g/mol. The normalized spacial score (nSPS) is 11.9. The highest BCUT2D eigenvalue weighted by atomic mass is 32.2. The van der Waals surface area contributed by atoms with Gasteiger partial charge in [0.1, 0.15) is 4.90 Å². The minimum absolute atomic E-state index is 0.0728. The molecule has 0 radical (unpaired) electrons. The number of aromatic nitrogens is 2. The maximum atomic E-state index is 12.3. The van der Waals surface area contributed by atoms with Gasteiger partial charge in [0.15, 0.2) is 5.82 Å². The summed E-state index contributed by atoms with van der Waals surface area (Å²) in [4.78, 5) is 10.8. The summed E-state index contributed by atoms with van der Waals surface area (Å²) < 4.78 is 27.1. The zero-order valence-corrected chi connectivity index (χ0v) is 11.9. The maximum absolute atomic E-state index is 12.3. The van der Waals surface area contributed by atoms with E-state index in [4.69, 9.17) is 11.5 Å². The lowest BCUT2D eigenvalue weighted by Crippen LogP contribution is -2.38. The summed E-state index contributed by atoms with van der Waals surface area (Å²) in [6.45, 7) is 3.88. The first-order valence-corrected chi connectivity index (χ1v) is 7.38. The molecule has 1 amide bonds. The zero-order valence-electron chi connectivity index (χ0n) is 11.0. The number of nitrogens with two attached hydrogens (primary N) is 2. The monoisotopic (exact) mass is 289 g/mol. The first-order chi connectivity index (χ1) is 8.82. The molecule has 1 aromatic heterocycles. The molecule has 8 nitrogen and oxygen atoms in total. The minimum Gasteiger partial charge on any atom is -0.381 e. The van der Waals surface area contributed by atoms with Crippen LogP contribution >= 0.6 is 0 Å². The fourth-order valence-electron chi connectivity index (χ4n) is 1.64. The Morgan fingerprint density at radius 1 is 1.47 bits per heavy atom. The van der Waals surface area contributed by atoms with E-state index in [1.54, 1.807) is 6.92 Å². The number of primary amides is 1. The molecule has 0 unspecified atom stereocenters. The Kier molecular flexibility index (Phi) is 4.90. The molecule has 4 N–H and O–H groups in total. The molecule has 0 bridgehead atoms. The van der Waals surface area contributed by atoms with Crippen molar-refractivity contribution in [3.05, 3.63) is 6.20 Å². The van der Waals surface area contributed by atoms with Crippen LogP contribution in [0.3, 0.4) is 0 Å². The van der Waals surface area contributed by atoms with Crippen LogP contribution in [0, 0.1) is 0 Å². The van der Waals surface area contributed by atoms with Crippen molar-refractivity contribution in [1.29, 1.82) is 0 Å². The van der Waals surface area contributed by atoms with E-state index in [9.17, 15) is 13.2 Å². The highest BCUT2D eigenvalue weighted by molar-refractivity contribution is 7.89. The van der Waals surface area contributed by atoms with Crippen LogP contribution in [0.5, 0.6) is 0 Å². The summed E-state index contributed by atoms with van der Waals surface area (Å²) in [5.41, 5.74) is 10.7. The van der Waals surface area contributed by atoms with Crippen molar-refractivity contribution in [2.75, 3.05) is 18.8 Å². The predicted octanol–water partition coefficient (Wildman–Crippen LogP) is -0.629. The topological polar surface area (TPSA) is 124 Å². The number of hydrogen-bond acceptors (Lipinski definition) is 5. The fraction of sp³-hybridized carbons (Fsp3) is 0.600. The molecule has 0 saturated heterocycles. The Morgan fingerprint density at radius 3 is 2.58 bits per heavy atom. The highest BCUT2D eigenvalue weighted by Crippen LogP contribution is 2.21. The summed E-state index contributed by atoms with van der Waals surface area (Å²) in [5.74, 6) is -0.790. The van der Waals surface area contributed by atoms with Crippen LogP contribution in [-0.2, 0) is 21.4 Å². The maximum Gasteiger partial charge on any atom is 0.248 e. The molecule has 0 aliphatic carbocycles. The third kappa shape index (κ3) is 3.44. The van der Waals surface area contributed by atoms with E-state index in [1.165, 1.54) is 10.9 Å². The van der Waals surface area contributed by atoms with Crippen LogP contribution in [0.25, 0.3) is 0 Å². The van der Waals surface area contributed by atoms with Gasteiger partial charge in [0.25, 0.3) is 0 Å². The third-order valence-corrected chi connectivity index (χ3v) is 4.45. The zero-order chi connectivity index (χ0) is 14.6. The largest absolute Gasteiger partial charge is 0.381 e. The van der Waals surface area contributed by atoms with Gasteiger partial charge in [-0.2, -0.15) is 9.40 Å². The molecule has 0 atom stereocenters. The molecule has 9 heteroatoms. The van der Waals surface area contributed by atoms with Crippen molar-refractivity contribution in [2.45, 2.75) is 31.7 Å². The van der Waals surface area contributed by atoms with Crippen molar-refractivity contribution in [3.8, 4) is 0 Å². The molecule has 0 aliphatic rings. The number of likely N-dealkylation sites (N-methyl/N-ethyl adjacent to an activating group) is 1. The van der Waals surface area contributed by atoms with E-state index < -0.39 is 15.9 Å². The Morgan fingerprint density at radius 2 is 2.11 bits per heavy atom. The molecule has 0 saturated carbocycles. The van der Waals surface area contributed by atoms with Crippen LogP contribution in [0.4, 0.5) is 5.82 Å². The molecular formula is C10H19N5O3S. The summed E-state index contributed by atoms with van der Waals surface area (Å²) in [7, 11) is -3.85. The second-order valence-corrected chi connectivity index (χ2v) is 5.95. The Hall–Kier alpha value is -1.61. The van der Waals surface area contributed by atoms with E-state index in [1.807, 2.05) is 6.92 Å². The molecule has 1 aromatic rings. The first kappa shape index (κ1) is 15.4. The minimum atomic E-state index is -3.85. The van der Waals surface area contributed by atoms with E-state index in [0.29, 0.717) is 6.54 Å². The average Bonchev–Trinajstić information content (AvgIpc) is 2.68. The van der Waals surface area contributed by atoms with Crippen molar-refractivity contribution >= 4 is 21.7 Å². The summed E-state index contributed by atoms with van der Waals surface area (Å²) in [6.07, 6.45) is 2.18. The number of nitrogens with zero attached hydrogens (tertiary/aromatic N) is 3. The van der Waals surface area contributed by atoms with Crippen LogP contribution < -0.4 is 11.5 Å². The number of anilines is 1. The van der Waals surface area contributed by atoms with Crippen molar-refractivity contribution in [3.63, 3.8) is 0 Å². The van der Waals surface area contributed by atoms with Crippen LogP contribution in [0.2, 0.25) is 0 Å². The lowest BCUT2D eigenvalue weighted by Gasteiger charge is -2.17. The van der Waals surface area contributed by atoms with E-state index in [-0.39, 0.29) is 23.8 Å². The fourth-order valence-corrected chi connectivity index (χ4v) is 3.12. The van der Waals surface area contributed by atoms with Crippen molar-refractivity contribution < 1.29 is 13.2 Å². The second-order valence-electron chi connectivity index (χ2n) is 4.04. The van der Waals surface area contributed by atoms with Gasteiger partial charge in [-0.15, -0.1) is 0 Å². The predicted molar refractivity (Wildman–Crippen MR) is 70.6 cm³/mol. The standard InChI is InChI=1S/C10H19N5O3S/c1-3-5-14-6-8(10(12)13-14)19(17,18)15(4-2)7-9(11)16/h6H,3-5,7H2,1-2H3,(H2,11,16)(H2,12,13). The lowest BCUT2D eigenvalue weighted by molar-refractivity contribution is -0.118. The number of aryl methyl sites for hydroxylation is 1. The van der Waals surface area contributed by atoms with E-state index in [2.05, 4.69) is 5.10 Å². The molecule has 0 spiro atoms. The Balaban J connectivity index is 3.14. The molecule has 0 aromatic carbocycles. The molecule has 108 valence electrons.